The second-order valence-corrected chi connectivity index (χ2v) is 17.7. The smallest absolute Gasteiger partial charge is 0.147 e. The van der Waals surface area contributed by atoms with E-state index in [4.69, 9.17) is 13.5 Å². The van der Waals surface area contributed by atoms with Crippen LogP contribution in [0.1, 0.15) is 119 Å². The quantitative estimate of drug-likeness (QED) is 0.166. The largest absolute Gasteiger partial charge is 0.498 e. The van der Waals surface area contributed by atoms with Crippen molar-refractivity contribution in [1.82, 2.24) is 19.5 Å². The average molecular weight is 945 g/mol. The first-order valence-corrected chi connectivity index (χ1v) is 20.4. The SMILES string of the molecule is CC(C)(C)c1c[c-]c(-c2ccc(C(C)(C)C)cn2)cc1.[2H]C([2H])([2H])c1cnc(-c2[c-]ccc3c2oc2c3ccc3nc4n(c32)-c2ccccc2CC4)cc1C1([2H])CCCCC1.[Ir]. The Morgan fingerprint density at radius 2 is 1.53 bits per heavy atom. The minimum Gasteiger partial charge on any atom is -0.498 e. The average Bonchev–Trinajstić information content (AvgIpc) is 3.82. The van der Waals surface area contributed by atoms with Crippen molar-refractivity contribution in [3.63, 3.8) is 0 Å². The van der Waals surface area contributed by atoms with Gasteiger partial charge in [0.25, 0.3) is 0 Å². The normalized spacial score (nSPS) is 16.2. The van der Waals surface area contributed by atoms with Crippen LogP contribution in [0.25, 0.3) is 61.2 Å². The van der Waals surface area contributed by atoms with Gasteiger partial charge in [0.1, 0.15) is 16.9 Å². The van der Waals surface area contributed by atoms with Gasteiger partial charge in [0.15, 0.2) is 0 Å². The predicted molar refractivity (Wildman–Crippen MR) is 234 cm³/mol. The van der Waals surface area contributed by atoms with Crippen LogP contribution in [0, 0.1) is 19.0 Å². The number of hydrogen-bond acceptors (Lipinski definition) is 4. The van der Waals surface area contributed by atoms with Gasteiger partial charge in [-0.3, -0.25) is 4.57 Å². The third-order valence-corrected chi connectivity index (χ3v) is 11.7. The van der Waals surface area contributed by atoms with Crippen LogP contribution in [0.2, 0.25) is 0 Å². The summed E-state index contributed by atoms with van der Waals surface area (Å²) in [5.74, 6) is 0.0794. The van der Waals surface area contributed by atoms with Gasteiger partial charge in [-0.25, -0.2) is 4.98 Å². The first-order valence-electron chi connectivity index (χ1n) is 22.4. The molecule has 1 saturated carbocycles. The minimum absolute atomic E-state index is 0. The van der Waals surface area contributed by atoms with Crippen LogP contribution < -0.4 is 0 Å². The molecule has 8 aromatic rings. The molecule has 0 atom stereocenters. The molecule has 0 unspecified atom stereocenters. The summed E-state index contributed by atoms with van der Waals surface area (Å²) in [7, 11) is 0. The second kappa shape index (κ2) is 15.7. The standard InChI is InChI=1S/C33H28N3O.C19H24N.Ir/c1-20-19-34-28(18-26(20)21-8-3-2-4-9-21)25-12-7-11-23-24-15-16-27-31(33(24)37-32(23)25)36-29-13-6-5-10-22(29)14-17-30(36)35-27;1-18(2,3)15-9-7-14(8-10-15)17-12-11-16(13-20-17)19(4,5)6;/h5-7,10-11,13,15-16,18-19,21H,2-4,8-9,14,17H2,1H3;7,9-13H,1-6H3;/q2*-1;/i1D3,21D;;. The number of hydrogen-bond donors (Lipinski definition) is 0. The summed E-state index contributed by atoms with van der Waals surface area (Å²) in [6, 6.07) is 35.6. The van der Waals surface area contributed by atoms with Crippen molar-refractivity contribution in [3.05, 3.63) is 143 Å². The van der Waals surface area contributed by atoms with Crippen LogP contribution in [0.3, 0.4) is 0 Å². The number of fused-ring (bicyclic) bond motifs is 9. The Morgan fingerprint density at radius 3 is 2.26 bits per heavy atom. The Kier molecular flexibility index (Phi) is 9.49. The molecular weight excluding hydrogens is 889 g/mol. The van der Waals surface area contributed by atoms with Crippen molar-refractivity contribution in [2.24, 2.45) is 0 Å². The number of benzene rings is 4. The van der Waals surface area contributed by atoms with E-state index in [1.807, 2.05) is 24.4 Å². The van der Waals surface area contributed by atoms with Gasteiger partial charge < -0.3 is 14.4 Å². The van der Waals surface area contributed by atoms with E-state index in [1.54, 1.807) is 0 Å². The molecule has 4 aromatic carbocycles. The third-order valence-electron chi connectivity index (χ3n) is 11.7. The fourth-order valence-electron chi connectivity index (χ4n) is 8.39. The van der Waals surface area contributed by atoms with Crippen LogP contribution in [0.4, 0.5) is 0 Å². The van der Waals surface area contributed by atoms with Gasteiger partial charge in [-0.2, -0.15) is 0 Å². The van der Waals surface area contributed by atoms with E-state index in [0.29, 0.717) is 35.2 Å². The first-order chi connectivity index (χ1) is 29.0. The van der Waals surface area contributed by atoms with Crippen molar-refractivity contribution < 1.29 is 30.0 Å². The maximum Gasteiger partial charge on any atom is 0.147 e. The summed E-state index contributed by atoms with van der Waals surface area (Å²) >= 11 is 0. The summed E-state index contributed by atoms with van der Waals surface area (Å²) < 4.78 is 42.7. The number of aryl methyl sites for hydroxylation is 3. The second-order valence-electron chi connectivity index (χ2n) is 17.7. The zero-order chi connectivity index (χ0) is 42.9. The molecule has 5 heterocycles. The molecule has 2 aliphatic rings. The number of furan rings is 1. The van der Waals surface area contributed by atoms with Crippen molar-refractivity contribution in [1.29, 1.82) is 0 Å². The molecule has 58 heavy (non-hydrogen) atoms. The van der Waals surface area contributed by atoms with Crippen molar-refractivity contribution in [2.45, 2.75) is 110 Å². The monoisotopic (exact) mass is 945 g/mol. The molecule has 297 valence electrons. The Morgan fingerprint density at radius 1 is 0.776 bits per heavy atom. The molecule has 10 rings (SSSR count). The molecule has 4 aromatic heterocycles. The molecule has 0 bridgehead atoms. The van der Waals surface area contributed by atoms with Gasteiger partial charge in [0.2, 0.25) is 0 Å². The van der Waals surface area contributed by atoms with Crippen LogP contribution in [0.5, 0.6) is 0 Å². The van der Waals surface area contributed by atoms with E-state index in [2.05, 4.69) is 135 Å². The van der Waals surface area contributed by atoms with Gasteiger partial charge >= 0.3 is 0 Å². The topological polar surface area (TPSA) is 56.7 Å². The van der Waals surface area contributed by atoms with E-state index in [-0.39, 0.29) is 36.5 Å². The zero-order valence-electron chi connectivity index (χ0n) is 38.2. The molecule has 5 nitrogen and oxygen atoms in total. The first kappa shape index (κ1) is 35.1. The molecule has 0 amide bonds. The molecular formula is C52H52IrN4O-2. The van der Waals surface area contributed by atoms with Gasteiger partial charge in [-0.15, -0.1) is 53.6 Å². The van der Waals surface area contributed by atoms with Crippen LogP contribution in [-0.4, -0.2) is 19.5 Å². The van der Waals surface area contributed by atoms with Crippen molar-refractivity contribution >= 4 is 33.0 Å². The van der Waals surface area contributed by atoms with Gasteiger partial charge in [-0.1, -0.05) is 108 Å². The van der Waals surface area contributed by atoms with Crippen LogP contribution in [0.15, 0.2) is 102 Å². The van der Waals surface area contributed by atoms with E-state index in [0.717, 1.165) is 82.3 Å². The summed E-state index contributed by atoms with van der Waals surface area (Å²) in [6.45, 7) is 10.9. The Balaban J connectivity index is 0.000000214. The van der Waals surface area contributed by atoms with Gasteiger partial charge in [-0.05, 0) is 94.7 Å². The molecule has 1 fully saturated rings. The van der Waals surface area contributed by atoms with E-state index < -0.39 is 12.7 Å². The van der Waals surface area contributed by atoms with Gasteiger partial charge in [0.05, 0.1) is 16.8 Å². The molecule has 0 N–H and O–H groups in total. The number of pyridine rings is 2. The summed E-state index contributed by atoms with van der Waals surface area (Å²) in [4.78, 5) is 14.2. The summed E-state index contributed by atoms with van der Waals surface area (Å²) in [6.07, 6.45) is 9.44. The third kappa shape index (κ3) is 7.46. The Hall–Kier alpha value is -4.90. The number of aromatic nitrogens is 4. The van der Waals surface area contributed by atoms with E-state index in [9.17, 15) is 1.37 Å². The fraction of sp³-hybridized carbons (Fsp3) is 0.327. The maximum absolute atomic E-state index is 9.29. The molecule has 6 heteroatoms. The fourth-order valence-corrected chi connectivity index (χ4v) is 8.39. The van der Waals surface area contributed by atoms with Crippen LogP contribution in [-0.2, 0) is 43.8 Å². The molecule has 0 spiro atoms. The van der Waals surface area contributed by atoms with Crippen LogP contribution >= 0.6 is 0 Å². The van der Waals surface area contributed by atoms with E-state index >= 15 is 0 Å². The number of rotatable bonds is 3. The Bertz CT molecular complexity index is 2850. The number of para-hydroxylation sites is 1. The number of imidazole rings is 1. The van der Waals surface area contributed by atoms with E-state index in [1.165, 1.54) is 22.9 Å². The number of nitrogens with zero attached hydrogens (tertiary/aromatic N) is 4. The summed E-state index contributed by atoms with van der Waals surface area (Å²) in [5.41, 5.74) is 12.5. The molecule has 0 saturated heterocycles. The molecule has 1 aliphatic carbocycles. The minimum atomic E-state index is -2.34. The molecule has 1 aliphatic heterocycles. The van der Waals surface area contributed by atoms with Crippen molar-refractivity contribution in [2.75, 3.05) is 0 Å². The maximum atomic E-state index is 9.29. The zero-order valence-corrected chi connectivity index (χ0v) is 36.6. The van der Waals surface area contributed by atoms with Gasteiger partial charge in [0, 0.05) is 49.8 Å². The Labute approximate surface area is 362 Å². The van der Waals surface area contributed by atoms with Crippen molar-refractivity contribution in [3.8, 4) is 28.2 Å². The predicted octanol–water partition coefficient (Wildman–Crippen LogP) is 13.4. The summed E-state index contributed by atoms with van der Waals surface area (Å²) in [5, 5.41) is 1.92. The molecule has 1 radical (unpaired) electrons.